The Hall–Kier alpha value is -1.14. The summed E-state index contributed by atoms with van der Waals surface area (Å²) in [4.78, 5) is 27.5. The number of hydrogen-bond donors (Lipinski definition) is 1. The second-order valence-electron chi connectivity index (χ2n) is 5.61. The zero-order valence-corrected chi connectivity index (χ0v) is 12.4. The standard InChI is InChI=1S/C14H25N3O3/c1-3-5-16-8-14(19)17(9-13(16)18)7-12(15-2)11-4-6-20-10-11/h11-12,15H,3-10H2,1-2H3. The van der Waals surface area contributed by atoms with Crippen molar-refractivity contribution in [1.29, 1.82) is 0 Å². The summed E-state index contributed by atoms with van der Waals surface area (Å²) in [5.41, 5.74) is 0. The lowest BCUT2D eigenvalue weighted by Crippen LogP contribution is -2.57. The fourth-order valence-corrected chi connectivity index (χ4v) is 2.93. The summed E-state index contributed by atoms with van der Waals surface area (Å²) in [6, 6.07) is 0.201. The molecule has 2 fully saturated rings. The van der Waals surface area contributed by atoms with Crippen LogP contribution in [-0.4, -0.2) is 74.1 Å². The fourth-order valence-electron chi connectivity index (χ4n) is 2.93. The number of hydrogen-bond acceptors (Lipinski definition) is 4. The van der Waals surface area contributed by atoms with E-state index in [2.05, 4.69) is 5.32 Å². The molecule has 1 N–H and O–H groups in total. The number of likely N-dealkylation sites (N-methyl/N-ethyl adjacent to an activating group) is 1. The molecule has 2 aliphatic heterocycles. The second kappa shape index (κ2) is 7.04. The Labute approximate surface area is 120 Å². The minimum Gasteiger partial charge on any atom is -0.381 e. The molecule has 2 atom stereocenters. The van der Waals surface area contributed by atoms with Crippen molar-refractivity contribution in [1.82, 2.24) is 15.1 Å². The summed E-state index contributed by atoms with van der Waals surface area (Å²) in [6.45, 7) is 5.25. The fraction of sp³-hybridized carbons (Fsp3) is 0.857. The van der Waals surface area contributed by atoms with Gasteiger partial charge in [0, 0.05) is 31.7 Å². The maximum Gasteiger partial charge on any atom is 0.242 e. The molecule has 2 unspecified atom stereocenters. The highest BCUT2D eigenvalue weighted by Crippen LogP contribution is 2.18. The van der Waals surface area contributed by atoms with Gasteiger partial charge in [0.05, 0.1) is 19.7 Å². The third-order valence-electron chi connectivity index (χ3n) is 4.17. The SMILES string of the molecule is CCCN1CC(=O)N(CC(NC)C2CCOC2)CC1=O. The predicted octanol–water partition coefficient (Wildman–Crippen LogP) is -0.308. The van der Waals surface area contributed by atoms with Gasteiger partial charge in [-0.1, -0.05) is 6.92 Å². The summed E-state index contributed by atoms with van der Waals surface area (Å²) < 4.78 is 5.41. The number of rotatable bonds is 6. The van der Waals surface area contributed by atoms with Crippen LogP contribution in [0.25, 0.3) is 0 Å². The van der Waals surface area contributed by atoms with Crippen molar-refractivity contribution in [2.75, 3.05) is 46.4 Å². The lowest BCUT2D eigenvalue weighted by Gasteiger charge is -2.36. The van der Waals surface area contributed by atoms with Gasteiger partial charge < -0.3 is 19.9 Å². The van der Waals surface area contributed by atoms with Gasteiger partial charge in [0.25, 0.3) is 0 Å². The Kier molecular flexibility index (Phi) is 5.37. The molecule has 6 heteroatoms. The molecule has 2 amide bonds. The van der Waals surface area contributed by atoms with Crippen molar-refractivity contribution in [2.45, 2.75) is 25.8 Å². The van der Waals surface area contributed by atoms with Gasteiger partial charge in [-0.05, 0) is 19.9 Å². The molecule has 0 bridgehead atoms. The first-order chi connectivity index (χ1) is 9.65. The van der Waals surface area contributed by atoms with Crippen molar-refractivity contribution in [3.05, 3.63) is 0 Å². The maximum absolute atomic E-state index is 12.2. The van der Waals surface area contributed by atoms with Crippen molar-refractivity contribution < 1.29 is 14.3 Å². The summed E-state index contributed by atoms with van der Waals surface area (Å²) >= 11 is 0. The molecule has 0 aromatic carbocycles. The first kappa shape index (κ1) is 15.3. The molecule has 0 spiro atoms. The summed E-state index contributed by atoms with van der Waals surface area (Å²) in [5, 5.41) is 3.26. The van der Waals surface area contributed by atoms with Crippen molar-refractivity contribution in [3.8, 4) is 0 Å². The number of piperazine rings is 1. The van der Waals surface area contributed by atoms with E-state index in [-0.39, 0.29) is 30.9 Å². The highest BCUT2D eigenvalue weighted by atomic mass is 16.5. The van der Waals surface area contributed by atoms with Crippen LogP contribution in [0.2, 0.25) is 0 Å². The van der Waals surface area contributed by atoms with E-state index in [1.165, 1.54) is 0 Å². The number of nitrogens with one attached hydrogen (secondary N) is 1. The quantitative estimate of drug-likeness (QED) is 0.726. The van der Waals surface area contributed by atoms with E-state index in [1.54, 1.807) is 9.80 Å². The number of carbonyl (C=O) groups is 2. The van der Waals surface area contributed by atoms with E-state index >= 15 is 0 Å². The van der Waals surface area contributed by atoms with Gasteiger partial charge >= 0.3 is 0 Å². The molecule has 0 aromatic rings. The summed E-state index contributed by atoms with van der Waals surface area (Å²) in [5.74, 6) is 0.540. The Bertz CT molecular complexity index is 356. The summed E-state index contributed by atoms with van der Waals surface area (Å²) in [6.07, 6.45) is 1.90. The highest BCUT2D eigenvalue weighted by Gasteiger charge is 2.33. The minimum absolute atomic E-state index is 0.0530. The zero-order chi connectivity index (χ0) is 14.5. The lowest BCUT2D eigenvalue weighted by atomic mass is 9.98. The Balaban J connectivity index is 1.91. The molecule has 2 heterocycles. The molecule has 2 rings (SSSR count). The van der Waals surface area contributed by atoms with E-state index < -0.39 is 0 Å². The molecule has 0 aliphatic carbocycles. The van der Waals surface area contributed by atoms with Crippen molar-refractivity contribution in [3.63, 3.8) is 0 Å². The number of amides is 2. The van der Waals surface area contributed by atoms with E-state index in [4.69, 9.17) is 4.74 Å². The Morgan fingerprint density at radius 1 is 1.30 bits per heavy atom. The van der Waals surface area contributed by atoms with E-state index in [0.717, 1.165) is 26.1 Å². The molecule has 2 saturated heterocycles. The van der Waals surface area contributed by atoms with Gasteiger partial charge in [-0.3, -0.25) is 9.59 Å². The van der Waals surface area contributed by atoms with Crippen LogP contribution in [0.4, 0.5) is 0 Å². The maximum atomic E-state index is 12.2. The molecular formula is C14H25N3O3. The van der Waals surface area contributed by atoms with Crippen LogP contribution in [0.1, 0.15) is 19.8 Å². The molecule has 20 heavy (non-hydrogen) atoms. The van der Waals surface area contributed by atoms with E-state index in [0.29, 0.717) is 19.0 Å². The third-order valence-corrected chi connectivity index (χ3v) is 4.17. The average molecular weight is 283 g/mol. The topological polar surface area (TPSA) is 61.9 Å². The van der Waals surface area contributed by atoms with Crippen molar-refractivity contribution >= 4 is 11.8 Å². The van der Waals surface area contributed by atoms with Crippen LogP contribution in [-0.2, 0) is 14.3 Å². The normalized spacial score (nSPS) is 25.4. The van der Waals surface area contributed by atoms with Gasteiger partial charge in [0.1, 0.15) is 0 Å². The Morgan fingerprint density at radius 2 is 2.00 bits per heavy atom. The average Bonchev–Trinajstić information content (AvgIpc) is 2.95. The molecular weight excluding hydrogens is 258 g/mol. The molecule has 0 saturated carbocycles. The first-order valence-electron chi connectivity index (χ1n) is 7.46. The Morgan fingerprint density at radius 3 is 2.60 bits per heavy atom. The lowest BCUT2D eigenvalue weighted by molar-refractivity contribution is -0.150. The molecule has 0 aromatic heterocycles. The largest absolute Gasteiger partial charge is 0.381 e. The van der Waals surface area contributed by atoms with E-state index in [1.807, 2.05) is 14.0 Å². The minimum atomic E-state index is 0.0530. The number of nitrogens with zero attached hydrogens (tertiary/aromatic N) is 2. The second-order valence-corrected chi connectivity index (χ2v) is 5.61. The zero-order valence-electron chi connectivity index (χ0n) is 12.4. The van der Waals surface area contributed by atoms with Crippen LogP contribution >= 0.6 is 0 Å². The van der Waals surface area contributed by atoms with Crippen LogP contribution in [0, 0.1) is 5.92 Å². The van der Waals surface area contributed by atoms with Gasteiger partial charge in [-0.25, -0.2) is 0 Å². The number of ether oxygens (including phenoxy) is 1. The van der Waals surface area contributed by atoms with Crippen molar-refractivity contribution in [2.24, 2.45) is 5.92 Å². The molecule has 6 nitrogen and oxygen atoms in total. The van der Waals surface area contributed by atoms with Crippen LogP contribution < -0.4 is 5.32 Å². The molecule has 2 aliphatic rings. The van der Waals surface area contributed by atoms with Crippen LogP contribution in [0.3, 0.4) is 0 Å². The smallest absolute Gasteiger partial charge is 0.242 e. The predicted molar refractivity (Wildman–Crippen MR) is 75.2 cm³/mol. The van der Waals surface area contributed by atoms with Crippen LogP contribution in [0.15, 0.2) is 0 Å². The van der Waals surface area contributed by atoms with Gasteiger partial charge in [-0.2, -0.15) is 0 Å². The highest BCUT2D eigenvalue weighted by molar-refractivity contribution is 5.92. The van der Waals surface area contributed by atoms with Gasteiger partial charge in [-0.15, -0.1) is 0 Å². The van der Waals surface area contributed by atoms with Gasteiger partial charge in [0.15, 0.2) is 0 Å². The molecule has 0 radical (unpaired) electrons. The number of carbonyl (C=O) groups excluding carboxylic acids is 2. The summed E-state index contributed by atoms with van der Waals surface area (Å²) in [7, 11) is 1.91. The molecule has 114 valence electrons. The first-order valence-corrected chi connectivity index (χ1v) is 7.46. The monoisotopic (exact) mass is 283 g/mol. The third kappa shape index (κ3) is 3.49. The van der Waals surface area contributed by atoms with Crippen LogP contribution in [0.5, 0.6) is 0 Å². The van der Waals surface area contributed by atoms with E-state index in [9.17, 15) is 9.59 Å². The van der Waals surface area contributed by atoms with Gasteiger partial charge in [0.2, 0.25) is 11.8 Å².